The highest BCUT2D eigenvalue weighted by molar-refractivity contribution is 5.57. The molecule has 0 aliphatic rings. The van der Waals surface area contributed by atoms with Gasteiger partial charge in [0.1, 0.15) is 5.75 Å². The lowest BCUT2D eigenvalue weighted by atomic mass is 10.2. The molecule has 0 aliphatic heterocycles. The lowest BCUT2D eigenvalue weighted by Gasteiger charge is -2.11. The van der Waals surface area contributed by atoms with Crippen molar-refractivity contribution in [3.63, 3.8) is 0 Å². The van der Waals surface area contributed by atoms with Crippen molar-refractivity contribution in [3.8, 4) is 5.75 Å². The lowest BCUT2D eigenvalue weighted by molar-refractivity contribution is 0.416. The van der Waals surface area contributed by atoms with Crippen molar-refractivity contribution in [2.24, 2.45) is 5.73 Å². The first-order valence-corrected chi connectivity index (χ1v) is 4.86. The van der Waals surface area contributed by atoms with Crippen LogP contribution in [0.4, 0.5) is 5.69 Å². The minimum Gasteiger partial charge on any atom is -0.495 e. The standard InChI is InChI=1S/C11H18N2O/c1-9-4-5-10(11(8-9)14-2)13-7-3-6-12/h4-5,8,13H,3,6-7,12H2,1-2H3. The smallest absolute Gasteiger partial charge is 0.142 e. The summed E-state index contributed by atoms with van der Waals surface area (Å²) < 4.78 is 5.26. The number of ether oxygens (including phenoxy) is 1. The summed E-state index contributed by atoms with van der Waals surface area (Å²) in [5.74, 6) is 0.891. The lowest BCUT2D eigenvalue weighted by Crippen LogP contribution is -2.09. The molecule has 3 heteroatoms. The van der Waals surface area contributed by atoms with Crippen LogP contribution in [-0.2, 0) is 0 Å². The molecule has 0 heterocycles. The summed E-state index contributed by atoms with van der Waals surface area (Å²) in [5, 5.41) is 3.29. The Kier molecular flexibility index (Phi) is 4.26. The summed E-state index contributed by atoms with van der Waals surface area (Å²) in [5.41, 5.74) is 7.65. The van der Waals surface area contributed by atoms with E-state index in [9.17, 15) is 0 Å². The fraction of sp³-hybridized carbons (Fsp3) is 0.455. The molecule has 0 saturated heterocycles. The van der Waals surface area contributed by atoms with Crippen LogP contribution >= 0.6 is 0 Å². The Labute approximate surface area is 85.3 Å². The summed E-state index contributed by atoms with van der Waals surface area (Å²) >= 11 is 0. The third-order valence-electron chi connectivity index (χ3n) is 2.05. The van der Waals surface area contributed by atoms with Gasteiger partial charge in [-0.25, -0.2) is 0 Å². The van der Waals surface area contributed by atoms with Crippen LogP contribution in [0.25, 0.3) is 0 Å². The molecule has 3 N–H and O–H groups in total. The fourth-order valence-electron chi connectivity index (χ4n) is 1.27. The molecule has 0 atom stereocenters. The van der Waals surface area contributed by atoms with E-state index in [0.717, 1.165) is 24.4 Å². The largest absolute Gasteiger partial charge is 0.495 e. The van der Waals surface area contributed by atoms with Crippen molar-refractivity contribution in [3.05, 3.63) is 23.8 Å². The molecule has 1 rings (SSSR count). The van der Waals surface area contributed by atoms with Gasteiger partial charge in [-0.05, 0) is 37.6 Å². The monoisotopic (exact) mass is 194 g/mol. The first kappa shape index (κ1) is 10.9. The first-order chi connectivity index (χ1) is 6.77. The number of nitrogens with one attached hydrogen (secondary N) is 1. The average molecular weight is 194 g/mol. The van der Waals surface area contributed by atoms with E-state index in [-0.39, 0.29) is 0 Å². The van der Waals surface area contributed by atoms with Crippen LogP contribution in [0.15, 0.2) is 18.2 Å². The second kappa shape index (κ2) is 5.50. The van der Waals surface area contributed by atoms with E-state index >= 15 is 0 Å². The molecule has 0 aliphatic carbocycles. The molecule has 1 aromatic carbocycles. The van der Waals surface area contributed by atoms with Gasteiger partial charge in [0.15, 0.2) is 0 Å². The normalized spacial score (nSPS) is 9.93. The Bertz CT molecular complexity index is 287. The highest BCUT2D eigenvalue weighted by Crippen LogP contribution is 2.24. The maximum Gasteiger partial charge on any atom is 0.142 e. The van der Waals surface area contributed by atoms with Crippen LogP contribution in [0.1, 0.15) is 12.0 Å². The van der Waals surface area contributed by atoms with Gasteiger partial charge in [-0.15, -0.1) is 0 Å². The van der Waals surface area contributed by atoms with E-state index < -0.39 is 0 Å². The Morgan fingerprint density at radius 1 is 1.43 bits per heavy atom. The van der Waals surface area contributed by atoms with Crippen LogP contribution in [0.2, 0.25) is 0 Å². The van der Waals surface area contributed by atoms with E-state index in [0.29, 0.717) is 6.54 Å². The van der Waals surface area contributed by atoms with Gasteiger partial charge in [-0.2, -0.15) is 0 Å². The molecule has 0 aromatic heterocycles. The molecule has 0 radical (unpaired) electrons. The molecule has 0 amide bonds. The predicted molar refractivity (Wildman–Crippen MR) is 59.9 cm³/mol. The van der Waals surface area contributed by atoms with Gasteiger partial charge < -0.3 is 15.8 Å². The molecule has 14 heavy (non-hydrogen) atoms. The minimum atomic E-state index is 0.710. The molecule has 78 valence electrons. The molecule has 0 saturated carbocycles. The molecule has 1 aromatic rings. The average Bonchev–Trinajstić information content (AvgIpc) is 2.20. The summed E-state index contributed by atoms with van der Waals surface area (Å²) in [6, 6.07) is 6.11. The van der Waals surface area contributed by atoms with E-state index in [1.165, 1.54) is 5.56 Å². The Balaban J connectivity index is 2.65. The maximum atomic E-state index is 5.42. The number of rotatable bonds is 5. The molecular formula is C11H18N2O. The van der Waals surface area contributed by atoms with Crippen molar-refractivity contribution in [2.45, 2.75) is 13.3 Å². The third kappa shape index (κ3) is 2.92. The van der Waals surface area contributed by atoms with E-state index in [1.807, 2.05) is 19.1 Å². The van der Waals surface area contributed by atoms with Crippen molar-refractivity contribution in [1.82, 2.24) is 0 Å². The number of hydrogen-bond acceptors (Lipinski definition) is 3. The topological polar surface area (TPSA) is 47.3 Å². The van der Waals surface area contributed by atoms with Crippen LogP contribution in [0.3, 0.4) is 0 Å². The first-order valence-electron chi connectivity index (χ1n) is 4.86. The third-order valence-corrected chi connectivity index (χ3v) is 2.05. The van der Waals surface area contributed by atoms with Gasteiger partial charge in [0.2, 0.25) is 0 Å². The van der Waals surface area contributed by atoms with Gasteiger partial charge in [-0.1, -0.05) is 6.07 Å². The van der Waals surface area contributed by atoms with Crippen LogP contribution < -0.4 is 15.8 Å². The Hall–Kier alpha value is -1.22. The summed E-state index contributed by atoms with van der Waals surface area (Å²) in [4.78, 5) is 0. The number of aryl methyl sites for hydroxylation is 1. The zero-order chi connectivity index (χ0) is 10.4. The quantitative estimate of drug-likeness (QED) is 0.702. The zero-order valence-corrected chi connectivity index (χ0v) is 8.84. The number of methoxy groups -OCH3 is 1. The summed E-state index contributed by atoms with van der Waals surface area (Å²) in [6.45, 7) is 3.64. The SMILES string of the molecule is COc1cc(C)ccc1NCCCN. The molecule has 0 unspecified atom stereocenters. The molecule has 0 bridgehead atoms. The molecular weight excluding hydrogens is 176 g/mol. The molecule has 3 nitrogen and oxygen atoms in total. The van der Waals surface area contributed by atoms with Gasteiger partial charge in [-0.3, -0.25) is 0 Å². The van der Waals surface area contributed by atoms with Crippen LogP contribution in [-0.4, -0.2) is 20.2 Å². The van der Waals surface area contributed by atoms with Gasteiger partial charge >= 0.3 is 0 Å². The molecule has 0 spiro atoms. The number of hydrogen-bond donors (Lipinski definition) is 2. The number of nitrogens with two attached hydrogens (primary N) is 1. The van der Waals surface area contributed by atoms with Gasteiger partial charge in [0.05, 0.1) is 12.8 Å². The van der Waals surface area contributed by atoms with Crippen molar-refractivity contribution in [2.75, 3.05) is 25.5 Å². The van der Waals surface area contributed by atoms with Crippen molar-refractivity contribution < 1.29 is 4.74 Å². The van der Waals surface area contributed by atoms with Crippen molar-refractivity contribution >= 4 is 5.69 Å². The summed E-state index contributed by atoms with van der Waals surface area (Å²) in [6.07, 6.45) is 0.969. The minimum absolute atomic E-state index is 0.710. The second-order valence-electron chi connectivity index (χ2n) is 3.27. The van der Waals surface area contributed by atoms with Crippen LogP contribution in [0, 0.1) is 6.92 Å². The predicted octanol–water partition coefficient (Wildman–Crippen LogP) is 1.76. The maximum absolute atomic E-state index is 5.42. The van der Waals surface area contributed by atoms with E-state index in [1.54, 1.807) is 7.11 Å². The second-order valence-corrected chi connectivity index (χ2v) is 3.27. The highest BCUT2D eigenvalue weighted by atomic mass is 16.5. The van der Waals surface area contributed by atoms with Crippen LogP contribution in [0.5, 0.6) is 5.75 Å². The number of benzene rings is 1. The van der Waals surface area contributed by atoms with Crippen molar-refractivity contribution in [1.29, 1.82) is 0 Å². The Morgan fingerprint density at radius 2 is 2.21 bits per heavy atom. The molecule has 0 fully saturated rings. The number of anilines is 1. The highest BCUT2D eigenvalue weighted by Gasteiger charge is 2.01. The van der Waals surface area contributed by atoms with E-state index in [4.69, 9.17) is 10.5 Å². The fourth-order valence-corrected chi connectivity index (χ4v) is 1.27. The Morgan fingerprint density at radius 3 is 2.86 bits per heavy atom. The van der Waals surface area contributed by atoms with E-state index in [2.05, 4.69) is 11.4 Å². The summed E-state index contributed by atoms with van der Waals surface area (Å²) in [7, 11) is 1.68. The van der Waals surface area contributed by atoms with Gasteiger partial charge in [0, 0.05) is 6.54 Å². The van der Waals surface area contributed by atoms with Gasteiger partial charge in [0.25, 0.3) is 0 Å². The zero-order valence-electron chi connectivity index (χ0n) is 8.84.